The second-order valence-electron chi connectivity index (χ2n) is 4.59. The monoisotopic (exact) mass is 249 g/mol. The lowest BCUT2D eigenvalue weighted by Crippen LogP contribution is -2.32. The van der Waals surface area contributed by atoms with E-state index in [1.165, 1.54) is 0 Å². The molecule has 18 heavy (non-hydrogen) atoms. The van der Waals surface area contributed by atoms with E-state index in [0.29, 0.717) is 11.3 Å². The van der Waals surface area contributed by atoms with Crippen LogP contribution in [0.1, 0.15) is 31.4 Å². The summed E-state index contributed by atoms with van der Waals surface area (Å²) in [7, 11) is 0. The maximum Gasteiger partial charge on any atom is 0.260 e. The molecule has 2 rings (SSSR count). The number of likely N-dealkylation sites (tertiary alicyclic amines) is 1. The van der Waals surface area contributed by atoms with E-state index in [-0.39, 0.29) is 12.5 Å². The summed E-state index contributed by atoms with van der Waals surface area (Å²) in [4.78, 5) is 13.7. The van der Waals surface area contributed by atoms with Gasteiger partial charge in [-0.2, -0.15) is 0 Å². The van der Waals surface area contributed by atoms with Crippen molar-refractivity contribution >= 4 is 5.91 Å². The van der Waals surface area contributed by atoms with Crippen molar-refractivity contribution in [1.29, 1.82) is 0 Å². The average molecular weight is 249 g/mol. The van der Waals surface area contributed by atoms with Crippen LogP contribution in [0.3, 0.4) is 0 Å². The van der Waals surface area contributed by atoms with Gasteiger partial charge in [-0.05, 0) is 25.8 Å². The van der Waals surface area contributed by atoms with Gasteiger partial charge in [-0.15, -0.1) is 0 Å². The van der Waals surface area contributed by atoms with Gasteiger partial charge < -0.3 is 14.7 Å². The topological polar surface area (TPSA) is 49.8 Å². The quantitative estimate of drug-likeness (QED) is 0.884. The van der Waals surface area contributed by atoms with Crippen molar-refractivity contribution in [3.05, 3.63) is 29.8 Å². The fraction of sp³-hybridized carbons (Fsp3) is 0.500. The summed E-state index contributed by atoms with van der Waals surface area (Å²) < 4.78 is 5.52. The molecule has 4 heteroatoms. The fourth-order valence-electron chi connectivity index (χ4n) is 2.15. The van der Waals surface area contributed by atoms with Crippen LogP contribution in [0.15, 0.2) is 24.3 Å². The Morgan fingerprint density at radius 1 is 1.39 bits per heavy atom. The molecule has 4 nitrogen and oxygen atoms in total. The van der Waals surface area contributed by atoms with Crippen molar-refractivity contribution in [2.75, 3.05) is 19.7 Å². The van der Waals surface area contributed by atoms with Gasteiger partial charge in [0.25, 0.3) is 5.91 Å². The van der Waals surface area contributed by atoms with Crippen LogP contribution in [-0.4, -0.2) is 35.6 Å². The lowest BCUT2D eigenvalue weighted by Gasteiger charge is -2.17. The molecule has 1 aliphatic rings. The Kier molecular flexibility index (Phi) is 4.20. The fourth-order valence-corrected chi connectivity index (χ4v) is 2.15. The Bertz CT molecular complexity index is 411. The van der Waals surface area contributed by atoms with Crippen LogP contribution in [0.25, 0.3) is 0 Å². The van der Waals surface area contributed by atoms with Gasteiger partial charge in [-0.1, -0.05) is 18.2 Å². The van der Waals surface area contributed by atoms with Crippen molar-refractivity contribution in [3.8, 4) is 5.75 Å². The molecule has 1 N–H and O–H groups in total. The highest BCUT2D eigenvalue weighted by Gasteiger charge is 2.18. The van der Waals surface area contributed by atoms with E-state index in [4.69, 9.17) is 4.74 Å². The summed E-state index contributed by atoms with van der Waals surface area (Å²) in [5.74, 6) is 0.605. The normalized spacial score (nSPS) is 16.7. The number of hydrogen-bond acceptors (Lipinski definition) is 3. The molecule has 1 heterocycles. The summed E-state index contributed by atoms with van der Waals surface area (Å²) >= 11 is 0. The Morgan fingerprint density at radius 2 is 2.06 bits per heavy atom. The van der Waals surface area contributed by atoms with Gasteiger partial charge in [-0.3, -0.25) is 4.79 Å². The number of nitrogens with zero attached hydrogens (tertiary/aromatic N) is 1. The standard InChI is InChI=1S/C14H19NO3/c1-11(16)12-6-2-3-7-13(12)18-10-14(17)15-8-4-5-9-15/h2-3,6-7,11,16H,4-5,8-10H2,1H3/t11-/m0/s1. The first-order valence-electron chi connectivity index (χ1n) is 6.36. The molecule has 1 atom stereocenters. The number of hydrogen-bond donors (Lipinski definition) is 1. The average Bonchev–Trinajstić information content (AvgIpc) is 2.90. The van der Waals surface area contributed by atoms with E-state index in [1.54, 1.807) is 19.1 Å². The zero-order valence-electron chi connectivity index (χ0n) is 10.6. The van der Waals surface area contributed by atoms with E-state index in [9.17, 15) is 9.90 Å². The third kappa shape index (κ3) is 3.01. The predicted molar refractivity (Wildman–Crippen MR) is 68.4 cm³/mol. The van der Waals surface area contributed by atoms with E-state index in [0.717, 1.165) is 25.9 Å². The summed E-state index contributed by atoms with van der Waals surface area (Å²) in [6.45, 7) is 3.40. The molecule has 0 spiro atoms. The minimum atomic E-state index is -0.594. The van der Waals surface area contributed by atoms with Gasteiger partial charge in [0.1, 0.15) is 5.75 Å². The summed E-state index contributed by atoms with van der Waals surface area (Å²) in [6, 6.07) is 7.26. The van der Waals surface area contributed by atoms with Crippen LogP contribution < -0.4 is 4.74 Å². The molecule has 1 aliphatic heterocycles. The van der Waals surface area contributed by atoms with Crippen LogP contribution in [0.5, 0.6) is 5.75 Å². The molecule has 0 aromatic heterocycles. The Balaban J connectivity index is 1.95. The first-order chi connectivity index (χ1) is 8.68. The first-order valence-corrected chi connectivity index (χ1v) is 6.36. The number of aliphatic hydroxyl groups is 1. The molecule has 1 amide bonds. The molecular formula is C14H19NO3. The zero-order valence-corrected chi connectivity index (χ0v) is 10.6. The van der Waals surface area contributed by atoms with Gasteiger partial charge >= 0.3 is 0 Å². The maximum atomic E-state index is 11.8. The zero-order chi connectivity index (χ0) is 13.0. The number of amides is 1. The van der Waals surface area contributed by atoms with Crippen molar-refractivity contribution in [3.63, 3.8) is 0 Å². The number of benzene rings is 1. The van der Waals surface area contributed by atoms with Crippen molar-refractivity contribution < 1.29 is 14.6 Å². The van der Waals surface area contributed by atoms with Crippen LogP contribution in [0, 0.1) is 0 Å². The molecule has 0 bridgehead atoms. The van der Waals surface area contributed by atoms with Gasteiger partial charge in [0.2, 0.25) is 0 Å². The Morgan fingerprint density at radius 3 is 2.72 bits per heavy atom. The highest BCUT2D eigenvalue weighted by Crippen LogP contribution is 2.24. The van der Waals surface area contributed by atoms with Crippen LogP contribution in [0.2, 0.25) is 0 Å². The van der Waals surface area contributed by atoms with Crippen LogP contribution in [0.4, 0.5) is 0 Å². The minimum Gasteiger partial charge on any atom is -0.483 e. The summed E-state index contributed by atoms with van der Waals surface area (Å²) in [5, 5.41) is 9.61. The van der Waals surface area contributed by atoms with E-state index in [1.807, 2.05) is 17.0 Å². The number of aliphatic hydroxyl groups excluding tert-OH is 1. The molecule has 0 radical (unpaired) electrons. The van der Waals surface area contributed by atoms with E-state index < -0.39 is 6.10 Å². The second kappa shape index (κ2) is 5.87. The first kappa shape index (κ1) is 12.9. The SMILES string of the molecule is C[C@H](O)c1ccccc1OCC(=O)N1CCCC1. The largest absolute Gasteiger partial charge is 0.483 e. The number of rotatable bonds is 4. The third-order valence-corrected chi connectivity index (χ3v) is 3.18. The number of carbonyl (C=O) groups is 1. The smallest absolute Gasteiger partial charge is 0.260 e. The highest BCUT2D eigenvalue weighted by molar-refractivity contribution is 5.78. The van der Waals surface area contributed by atoms with Crippen molar-refractivity contribution in [2.24, 2.45) is 0 Å². The number of para-hydroxylation sites is 1. The molecular weight excluding hydrogens is 230 g/mol. The molecule has 98 valence electrons. The summed E-state index contributed by atoms with van der Waals surface area (Å²) in [5.41, 5.74) is 0.715. The van der Waals surface area contributed by atoms with Gasteiger partial charge in [0.05, 0.1) is 6.10 Å². The number of ether oxygens (including phenoxy) is 1. The molecule has 0 saturated carbocycles. The lowest BCUT2D eigenvalue weighted by atomic mass is 10.1. The molecule has 1 saturated heterocycles. The van der Waals surface area contributed by atoms with Crippen molar-refractivity contribution in [2.45, 2.75) is 25.9 Å². The van der Waals surface area contributed by atoms with Gasteiger partial charge in [-0.25, -0.2) is 0 Å². The van der Waals surface area contributed by atoms with Crippen LogP contribution >= 0.6 is 0 Å². The van der Waals surface area contributed by atoms with Crippen molar-refractivity contribution in [1.82, 2.24) is 4.90 Å². The molecule has 0 aliphatic carbocycles. The van der Waals surface area contributed by atoms with Gasteiger partial charge in [0.15, 0.2) is 6.61 Å². The molecule has 1 aromatic rings. The van der Waals surface area contributed by atoms with E-state index >= 15 is 0 Å². The Hall–Kier alpha value is -1.55. The van der Waals surface area contributed by atoms with Gasteiger partial charge in [0, 0.05) is 18.7 Å². The lowest BCUT2D eigenvalue weighted by molar-refractivity contribution is -0.132. The molecule has 1 fully saturated rings. The molecule has 0 unspecified atom stereocenters. The third-order valence-electron chi connectivity index (χ3n) is 3.18. The second-order valence-corrected chi connectivity index (χ2v) is 4.59. The van der Waals surface area contributed by atoms with Crippen LogP contribution in [-0.2, 0) is 4.79 Å². The summed E-state index contributed by atoms with van der Waals surface area (Å²) in [6.07, 6.45) is 1.56. The minimum absolute atomic E-state index is 0.0212. The number of carbonyl (C=O) groups excluding carboxylic acids is 1. The van der Waals surface area contributed by atoms with E-state index in [2.05, 4.69) is 0 Å². The molecule has 1 aromatic carbocycles. The Labute approximate surface area is 107 Å². The predicted octanol–water partition coefficient (Wildman–Crippen LogP) is 1.74. The highest BCUT2D eigenvalue weighted by atomic mass is 16.5. The maximum absolute atomic E-state index is 11.8.